The second-order valence-electron chi connectivity index (χ2n) is 9.86. The summed E-state index contributed by atoms with van der Waals surface area (Å²) in [4.78, 5) is 23.9. The summed E-state index contributed by atoms with van der Waals surface area (Å²) in [5.74, 6) is -0.906. The van der Waals surface area contributed by atoms with Gasteiger partial charge in [0.15, 0.2) is 0 Å². The molecule has 7 unspecified atom stereocenters. The highest BCUT2D eigenvalue weighted by Gasteiger charge is 2.56. The molecule has 0 aromatic carbocycles. The van der Waals surface area contributed by atoms with Crippen molar-refractivity contribution < 1.29 is 33.6 Å². The summed E-state index contributed by atoms with van der Waals surface area (Å²) in [6.45, 7) is 11.2. The Morgan fingerprint density at radius 3 is 2.27 bits per heavy atom. The molecule has 3 fully saturated rings. The van der Waals surface area contributed by atoms with Crippen molar-refractivity contribution in [3.63, 3.8) is 0 Å². The number of carbonyl (C=O) groups excluding carboxylic acids is 2. The van der Waals surface area contributed by atoms with Gasteiger partial charge in [0, 0.05) is 12.5 Å². The van der Waals surface area contributed by atoms with Crippen molar-refractivity contribution in [3.8, 4) is 0 Å². The average molecular weight is 425 g/mol. The first-order valence-corrected chi connectivity index (χ1v) is 10.9. The van der Waals surface area contributed by atoms with Crippen LogP contribution in [0.5, 0.6) is 0 Å². The van der Waals surface area contributed by atoms with E-state index in [1.54, 1.807) is 6.92 Å². The molecule has 30 heavy (non-hydrogen) atoms. The van der Waals surface area contributed by atoms with E-state index in [-0.39, 0.29) is 29.7 Å². The third-order valence-corrected chi connectivity index (χ3v) is 7.37. The minimum Gasteiger partial charge on any atom is -0.466 e. The van der Waals surface area contributed by atoms with E-state index < -0.39 is 23.3 Å². The molecular formula is C23H36O7. The number of carbonyl (C=O) groups is 2. The second-order valence-corrected chi connectivity index (χ2v) is 9.86. The number of aliphatic hydroxyl groups is 1. The number of methoxy groups -OCH3 is 1. The first-order valence-electron chi connectivity index (χ1n) is 10.9. The summed E-state index contributed by atoms with van der Waals surface area (Å²) >= 11 is 0. The Bertz CT molecular complexity index is 702. The lowest BCUT2D eigenvalue weighted by molar-refractivity contribution is -0.184. The van der Waals surface area contributed by atoms with Gasteiger partial charge in [-0.05, 0) is 71.6 Å². The van der Waals surface area contributed by atoms with E-state index in [0.29, 0.717) is 50.5 Å². The number of rotatable bonds is 3. The molecule has 3 saturated heterocycles. The average Bonchev–Trinajstić information content (AvgIpc) is 3.11. The summed E-state index contributed by atoms with van der Waals surface area (Å²) in [5.41, 5.74) is -1.65. The SMILES string of the molecule is C=C(C(=O)OC)C1CCC(C)(O)C2CCC(C)(O2)C(OC(C)=O)CCC2(C)OC2C1. The van der Waals surface area contributed by atoms with E-state index in [1.165, 1.54) is 14.0 Å². The molecule has 3 aliphatic rings. The maximum Gasteiger partial charge on any atom is 0.333 e. The Balaban J connectivity index is 1.86. The van der Waals surface area contributed by atoms with Gasteiger partial charge in [-0.1, -0.05) is 6.58 Å². The molecule has 1 N–H and O–H groups in total. The van der Waals surface area contributed by atoms with E-state index in [2.05, 4.69) is 13.5 Å². The van der Waals surface area contributed by atoms with Gasteiger partial charge >= 0.3 is 11.9 Å². The molecule has 2 bridgehead atoms. The van der Waals surface area contributed by atoms with Crippen LogP contribution in [0.15, 0.2) is 12.2 Å². The van der Waals surface area contributed by atoms with Crippen LogP contribution in [-0.2, 0) is 28.5 Å². The van der Waals surface area contributed by atoms with Crippen LogP contribution in [-0.4, -0.2) is 59.3 Å². The molecule has 3 heterocycles. The van der Waals surface area contributed by atoms with Crippen molar-refractivity contribution >= 4 is 11.9 Å². The lowest BCUT2D eigenvalue weighted by Crippen LogP contribution is -2.46. The zero-order chi connectivity index (χ0) is 22.3. The quantitative estimate of drug-likeness (QED) is 0.423. The van der Waals surface area contributed by atoms with Gasteiger partial charge in [0.2, 0.25) is 0 Å². The molecule has 3 aliphatic heterocycles. The smallest absolute Gasteiger partial charge is 0.333 e. The van der Waals surface area contributed by atoms with Crippen LogP contribution in [0, 0.1) is 5.92 Å². The monoisotopic (exact) mass is 424 g/mol. The molecule has 3 rings (SSSR count). The predicted octanol–water partition coefficient (Wildman–Crippen LogP) is 3.07. The molecule has 0 amide bonds. The van der Waals surface area contributed by atoms with Crippen molar-refractivity contribution in [1.82, 2.24) is 0 Å². The third-order valence-electron chi connectivity index (χ3n) is 7.37. The summed E-state index contributed by atoms with van der Waals surface area (Å²) in [7, 11) is 1.35. The Hall–Kier alpha value is -1.44. The van der Waals surface area contributed by atoms with Crippen molar-refractivity contribution in [1.29, 1.82) is 0 Å². The van der Waals surface area contributed by atoms with E-state index in [9.17, 15) is 14.7 Å². The normalized spacial score (nSPS) is 43.9. The van der Waals surface area contributed by atoms with Gasteiger partial charge in [-0.2, -0.15) is 0 Å². The van der Waals surface area contributed by atoms with Crippen molar-refractivity contribution in [2.45, 2.75) is 108 Å². The highest BCUT2D eigenvalue weighted by molar-refractivity contribution is 5.88. The lowest BCUT2D eigenvalue weighted by Gasteiger charge is -2.37. The van der Waals surface area contributed by atoms with Crippen LogP contribution < -0.4 is 0 Å². The Morgan fingerprint density at radius 1 is 1.00 bits per heavy atom. The second kappa shape index (κ2) is 8.24. The Kier molecular flexibility index (Phi) is 6.38. The molecule has 170 valence electrons. The molecule has 0 aliphatic carbocycles. The van der Waals surface area contributed by atoms with Crippen LogP contribution >= 0.6 is 0 Å². The van der Waals surface area contributed by atoms with Gasteiger partial charge in [-0.15, -0.1) is 0 Å². The van der Waals surface area contributed by atoms with Crippen molar-refractivity contribution in [2.75, 3.05) is 7.11 Å². The summed E-state index contributed by atoms with van der Waals surface area (Å²) in [6, 6.07) is 0. The fourth-order valence-corrected chi connectivity index (χ4v) is 5.07. The molecule has 7 atom stereocenters. The highest BCUT2D eigenvalue weighted by atomic mass is 16.6. The highest BCUT2D eigenvalue weighted by Crippen LogP contribution is 2.49. The van der Waals surface area contributed by atoms with Gasteiger partial charge in [0.05, 0.1) is 30.5 Å². The Labute approximate surface area is 179 Å². The predicted molar refractivity (Wildman–Crippen MR) is 110 cm³/mol. The molecule has 0 aromatic heterocycles. The van der Waals surface area contributed by atoms with Crippen LogP contribution in [0.2, 0.25) is 0 Å². The number of hydrogen-bond acceptors (Lipinski definition) is 7. The molecule has 0 aromatic rings. The zero-order valence-corrected chi connectivity index (χ0v) is 18.9. The van der Waals surface area contributed by atoms with Crippen LogP contribution in [0.3, 0.4) is 0 Å². The maximum atomic E-state index is 12.1. The fraction of sp³-hybridized carbons (Fsp3) is 0.826. The van der Waals surface area contributed by atoms with E-state index in [4.69, 9.17) is 18.9 Å². The zero-order valence-electron chi connectivity index (χ0n) is 18.9. The number of hydrogen-bond donors (Lipinski definition) is 1. The van der Waals surface area contributed by atoms with Crippen molar-refractivity contribution in [3.05, 3.63) is 12.2 Å². The third kappa shape index (κ3) is 4.73. The molecule has 0 saturated carbocycles. The molecule has 0 radical (unpaired) electrons. The van der Waals surface area contributed by atoms with Gasteiger partial charge in [0.25, 0.3) is 0 Å². The van der Waals surface area contributed by atoms with E-state index in [1.807, 2.05) is 6.92 Å². The van der Waals surface area contributed by atoms with Gasteiger partial charge < -0.3 is 24.1 Å². The molecule has 7 heteroatoms. The van der Waals surface area contributed by atoms with Crippen LogP contribution in [0.1, 0.15) is 72.6 Å². The maximum absolute atomic E-state index is 12.1. The lowest BCUT2D eigenvalue weighted by atomic mass is 9.81. The number of fused-ring (bicyclic) bond motifs is 3. The molecule has 0 spiro atoms. The fourth-order valence-electron chi connectivity index (χ4n) is 5.07. The van der Waals surface area contributed by atoms with Gasteiger partial charge in [0.1, 0.15) is 11.7 Å². The topological polar surface area (TPSA) is 94.6 Å². The largest absolute Gasteiger partial charge is 0.466 e. The van der Waals surface area contributed by atoms with Gasteiger partial charge in [-0.25, -0.2) is 4.79 Å². The van der Waals surface area contributed by atoms with E-state index >= 15 is 0 Å². The standard InChI is InChI=1S/C23H36O7/c1-14(20(25)27-6)16-7-10-21(3,26)17-8-11-22(4,29-17)18(28-15(2)24)9-12-23(5)19(13-16)30-23/h16-19,26H,1,7-13H2,2-6H3. The van der Waals surface area contributed by atoms with Gasteiger partial charge in [-0.3, -0.25) is 4.79 Å². The summed E-state index contributed by atoms with van der Waals surface area (Å²) in [6.07, 6.45) is 3.60. The minimum absolute atomic E-state index is 0.0153. The van der Waals surface area contributed by atoms with Crippen LogP contribution in [0.4, 0.5) is 0 Å². The summed E-state index contributed by atoms with van der Waals surface area (Å²) in [5, 5.41) is 11.2. The molecule has 7 nitrogen and oxygen atoms in total. The summed E-state index contributed by atoms with van der Waals surface area (Å²) < 4.78 is 22.9. The van der Waals surface area contributed by atoms with Crippen LogP contribution in [0.25, 0.3) is 0 Å². The number of esters is 2. The number of ether oxygens (including phenoxy) is 4. The van der Waals surface area contributed by atoms with E-state index in [0.717, 1.165) is 0 Å². The van der Waals surface area contributed by atoms with Crippen molar-refractivity contribution in [2.24, 2.45) is 5.92 Å². The minimum atomic E-state index is -1.07. The Morgan fingerprint density at radius 2 is 1.63 bits per heavy atom. The molecular weight excluding hydrogens is 388 g/mol. The number of epoxide rings is 1. The first kappa shape index (κ1) is 23.2. The first-order chi connectivity index (χ1) is 13.9.